The van der Waals surface area contributed by atoms with Gasteiger partial charge in [-0.2, -0.15) is 0 Å². The summed E-state index contributed by atoms with van der Waals surface area (Å²) in [4.78, 5) is 31.6. The zero-order valence-electron chi connectivity index (χ0n) is 26.7. The molecule has 0 radical (unpaired) electrons. The first-order valence-corrected chi connectivity index (χ1v) is 17.3. The van der Waals surface area contributed by atoms with Crippen LogP contribution in [0.2, 0.25) is 4.34 Å². The van der Waals surface area contributed by atoms with Gasteiger partial charge in [0.1, 0.15) is 11.2 Å². The van der Waals surface area contributed by atoms with E-state index in [1.54, 1.807) is 22.7 Å². The highest BCUT2D eigenvalue weighted by atomic mass is 35.5. The van der Waals surface area contributed by atoms with Crippen LogP contribution < -0.4 is 0 Å². The summed E-state index contributed by atoms with van der Waals surface area (Å²) in [5.41, 5.74) is 3.57. The molecule has 0 spiro atoms. The minimum Gasteiger partial charge on any atom is -0.444 e. The lowest BCUT2D eigenvalue weighted by Gasteiger charge is -2.37. The molecule has 0 bridgehead atoms. The van der Waals surface area contributed by atoms with E-state index in [1.807, 2.05) is 106 Å². The van der Waals surface area contributed by atoms with Gasteiger partial charge in [0.25, 0.3) is 0 Å². The Labute approximate surface area is 286 Å². The van der Waals surface area contributed by atoms with Gasteiger partial charge >= 0.3 is 12.2 Å². The van der Waals surface area contributed by atoms with E-state index in [0.717, 1.165) is 33.9 Å². The lowest BCUT2D eigenvalue weighted by molar-refractivity contribution is 0.0169. The second-order valence-electron chi connectivity index (χ2n) is 13.2. The van der Waals surface area contributed by atoms with Crippen LogP contribution in [0.4, 0.5) is 9.59 Å². The largest absolute Gasteiger partial charge is 0.444 e. The summed E-state index contributed by atoms with van der Waals surface area (Å²) in [6, 6.07) is 24.2. The van der Waals surface area contributed by atoms with Crippen molar-refractivity contribution in [1.29, 1.82) is 0 Å². The molecule has 246 valence electrons. The monoisotopic (exact) mass is 680 g/mol. The van der Waals surface area contributed by atoms with Crippen molar-refractivity contribution in [1.82, 2.24) is 9.80 Å². The molecule has 0 N–H and O–H groups in total. The van der Waals surface area contributed by atoms with Crippen LogP contribution in [-0.4, -0.2) is 46.3 Å². The van der Waals surface area contributed by atoms with Crippen LogP contribution >= 0.6 is 34.3 Å². The molecule has 0 aliphatic carbocycles. The van der Waals surface area contributed by atoms with E-state index in [1.165, 1.54) is 15.3 Å². The van der Waals surface area contributed by atoms with Crippen molar-refractivity contribution in [3.8, 4) is 0 Å². The zero-order chi connectivity index (χ0) is 32.4. The van der Waals surface area contributed by atoms with E-state index in [-0.39, 0.29) is 31.7 Å². The van der Waals surface area contributed by atoms with Gasteiger partial charge in [0.05, 0.1) is 16.4 Å². The zero-order valence-corrected chi connectivity index (χ0v) is 29.1. The van der Waals surface area contributed by atoms with Gasteiger partial charge in [0.2, 0.25) is 0 Å². The maximum Gasteiger partial charge on any atom is 0.411 e. The molecular weight excluding hydrogens is 636 g/mol. The van der Waals surface area contributed by atoms with Crippen molar-refractivity contribution < 1.29 is 19.1 Å². The molecule has 2 unspecified atom stereocenters. The molecular formula is C37H45ClN2O4S2. The first-order chi connectivity index (χ1) is 21.3. The van der Waals surface area contributed by atoms with E-state index < -0.39 is 11.2 Å². The van der Waals surface area contributed by atoms with E-state index in [4.69, 9.17) is 21.1 Å². The number of rotatable bonds is 2. The van der Waals surface area contributed by atoms with Crippen LogP contribution in [0.1, 0.15) is 93.1 Å². The molecule has 46 heavy (non-hydrogen) atoms. The lowest BCUT2D eigenvalue weighted by Crippen LogP contribution is -2.43. The summed E-state index contributed by atoms with van der Waals surface area (Å²) in [7, 11) is 0. The smallest absolute Gasteiger partial charge is 0.411 e. The second kappa shape index (κ2) is 14.6. The Hall–Kier alpha value is -3.33. The number of hydrogen-bond acceptors (Lipinski definition) is 6. The molecule has 2 aliphatic rings. The maximum absolute atomic E-state index is 12.7. The molecule has 4 aromatic rings. The Morgan fingerprint density at radius 1 is 0.717 bits per heavy atom. The Bertz CT molecular complexity index is 1610. The van der Waals surface area contributed by atoms with Gasteiger partial charge in [-0.15, -0.1) is 22.7 Å². The van der Waals surface area contributed by atoms with Crippen LogP contribution in [-0.2, 0) is 22.3 Å². The van der Waals surface area contributed by atoms with Crippen LogP contribution in [0.5, 0.6) is 0 Å². The van der Waals surface area contributed by atoms with Crippen molar-refractivity contribution in [2.24, 2.45) is 0 Å². The number of carbonyl (C=O) groups excluding carboxylic acids is 2. The number of amides is 2. The van der Waals surface area contributed by atoms with Gasteiger partial charge in [-0.05, 0) is 94.2 Å². The summed E-state index contributed by atoms with van der Waals surface area (Å²) in [6.07, 6.45) is 1.20. The van der Waals surface area contributed by atoms with E-state index in [2.05, 4.69) is 23.6 Å². The van der Waals surface area contributed by atoms with Gasteiger partial charge in [-0.3, -0.25) is 9.80 Å². The maximum atomic E-state index is 12.7. The van der Waals surface area contributed by atoms with Crippen LogP contribution in [0, 0.1) is 0 Å². The first kappa shape index (κ1) is 35.5. The van der Waals surface area contributed by atoms with Crippen molar-refractivity contribution in [2.75, 3.05) is 13.1 Å². The molecule has 2 aromatic heterocycles. The number of thiophene rings is 2. The summed E-state index contributed by atoms with van der Waals surface area (Å²) in [5, 5.41) is 2.11. The van der Waals surface area contributed by atoms with Crippen LogP contribution in [0.3, 0.4) is 0 Å². The van der Waals surface area contributed by atoms with E-state index >= 15 is 0 Å². The molecule has 4 heterocycles. The molecule has 2 aliphatic heterocycles. The highest BCUT2D eigenvalue weighted by Gasteiger charge is 2.37. The molecule has 6 rings (SSSR count). The number of nitrogens with zero attached hydrogens (tertiary/aromatic N) is 2. The molecule has 0 saturated carbocycles. The minimum atomic E-state index is -0.509. The fraction of sp³-hybridized carbons (Fsp3) is 0.405. The predicted octanol–water partition coefficient (Wildman–Crippen LogP) is 10.6. The Morgan fingerprint density at radius 2 is 1.17 bits per heavy atom. The quantitative estimate of drug-likeness (QED) is 0.211. The number of carbonyl (C=O) groups is 2. The van der Waals surface area contributed by atoms with Gasteiger partial charge in [-0.25, -0.2) is 9.59 Å². The molecule has 0 saturated heterocycles. The lowest BCUT2D eigenvalue weighted by atomic mass is 9.94. The normalized spacial score (nSPS) is 17.5. The number of halogens is 1. The van der Waals surface area contributed by atoms with Crippen molar-refractivity contribution in [3.63, 3.8) is 0 Å². The summed E-state index contributed by atoms with van der Waals surface area (Å²) < 4.78 is 12.0. The molecule has 2 amide bonds. The van der Waals surface area contributed by atoms with Crippen molar-refractivity contribution in [2.45, 2.75) is 85.1 Å². The Morgan fingerprint density at radius 3 is 1.65 bits per heavy atom. The third-order valence-electron chi connectivity index (χ3n) is 7.45. The third kappa shape index (κ3) is 8.52. The number of ether oxygens (including phenoxy) is 2. The summed E-state index contributed by atoms with van der Waals surface area (Å²) in [5.74, 6) is 0. The summed E-state index contributed by atoms with van der Waals surface area (Å²) in [6.45, 7) is 12.7. The van der Waals surface area contributed by atoms with Crippen LogP contribution in [0.15, 0.2) is 78.2 Å². The van der Waals surface area contributed by atoms with E-state index in [9.17, 15) is 9.59 Å². The SMILES string of the molecule is C.CC(C)(C)OC(=O)N1CCc2sc(Cl)cc2C1c1ccccc1.CC(C)(C)OC(=O)N1CCc2sccc2C1c1ccccc1. The fourth-order valence-electron chi connectivity index (χ4n) is 5.70. The molecule has 6 nitrogen and oxygen atoms in total. The average molecular weight is 681 g/mol. The van der Waals surface area contributed by atoms with Crippen molar-refractivity contribution >= 4 is 46.5 Å². The molecule has 9 heteroatoms. The average Bonchev–Trinajstić information content (AvgIpc) is 3.61. The molecule has 0 fully saturated rings. The van der Waals surface area contributed by atoms with Gasteiger partial charge in [0, 0.05) is 22.8 Å². The topological polar surface area (TPSA) is 59.1 Å². The standard InChI is InChI=1S/C18H20ClNO2S.C18H21NO2S.CH4/c1-18(2,3)22-17(21)20-10-9-14-13(11-15(19)23-14)16(20)12-7-5-4-6-8-12;1-18(2,3)21-17(20)19-11-9-15-14(10-12-22-15)16(19)13-7-5-4-6-8-13;/h4-8,11,16H,9-10H2,1-3H3;4-8,10,12,16H,9,11H2,1-3H3;1H4. The van der Waals surface area contributed by atoms with Gasteiger partial charge < -0.3 is 9.47 Å². The molecule has 2 aromatic carbocycles. The Kier molecular flexibility index (Phi) is 11.3. The molecule has 2 atom stereocenters. The second-order valence-corrected chi connectivity index (χ2v) is 16.0. The number of benzene rings is 2. The highest BCUT2D eigenvalue weighted by Crippen LogP contribution is 2.42. The fourth-order valence-corrected chi connectivity index (χ4v) is 7.90. The summed E-state index contributed by atoms with van der Waals surface area (Å²) >= 11 is 9.60. The highest BCUT2D eigenvalue weighted by molar-refractivity contribution is 7.16. The number of fused-ring (bicyclic) bond motifs is 2. The van der Waals surface area contributed by atoms with Crippen LogP contribution in [0.25, 0.3) is 0 Å². The Balaban J connectivity index is 0.000000205. The van der Waals surface area contributed by atoms with E-state index in [0.29, 0.717) is 13.1 Å². The predicted molar refractivity (Wildman–Crippen MR) is 190 cm³/mol. The van der Waals surface area contributed by atoms with Gasteiger partial charge in [0.15, 0.2) is 0 Å². The van der Waals surface area contributed by atoms with Crippen molar-refractivity contribution in [3.05, 3.63) is 115 Å². The number of hydrogen-bond donors (Lipinski definition) is 0. The first-order valence-electron chi connectivity index (χ1n) is 15.2. The minimum absolute atomic E-state index is 0. The van der Waals surface area contributed by atoms with Gasteiger partial charge in [-0.1, -0.05) is 79.7 Å². The third-order valence-corrected chi connectivity index (χ3v) is 9.79.